The lowest BCUT2D eigenvalue weighted by molar-refractivity contribution is -0.136. The maximum absolute atomic E-state index is 13.6. The summed E-state index contributed by atoms with van der Waals surface area (Å²) in [5, 5.41) is 9.51. The zero-order valence-electron chi connectivity index (χ0n) is 8.08. The molecule has 82 valence electrons. The molecule has 0 fully saturated rings. The summed E-state index contributed by atoms with van der Waals surface area (Å²) in [6, 6.07) is 4.52. The molecule has 0 aliphatic rings. The lowest BCUT2D eigenvalue weighted by atomic mass is 9.94. The first-order valence-electron chi connectivity index (χ1n) is 4.28. The quantitative estimate of drug-likeness (QED) is 0.792. The van der Waals surface area contributed by atoms with Gasteiger partial charge in [0.15, 0.2) is 0 Å². The SMILES string of the molecule is CC(F)(C(N)=O)C(O)c1ccc(F)cc1. The van der Waals surface area contributed by atoms with Crippen molar-refractivity contribution in [2.75, 3.05) is 0 Å². The van der Waals surface area contributed by atoms with Gasteiger partial charge in [0.2, 0.25) is 5.67 Å². The van der Waals surface area contributed by atoms with E-state index < -0.39 is 23.5 Å². The molecule has 0 radical (unpaired) electrons. The predicted molar refractivity (Wildman–Crippen MR) is 50.1 cm³/mol. The Morgan fingerprint density at radius 2 is 1.93 bits per heavy atom. The number of aliphatic hydroxyl groups is 1. The lowest BCUT2D eigenvalue weighted by Gasteiger charge is -2.23. The number of amides is 1. The Morgan fingerprint density at radius 1 is 1.47 bits per heavy atom. The fourth-order valence-corrected chi connectivity index (χ4v) is 1.09. The average Bonchev–Trinajstić information content (AvgIpc) is 2.17. The van der Waals surface area contributed by atoms with Crippen molar-refractivity contribution in [1.29, 1.82) is 0 Å². The van der Waals surface area contributed by atoms with E-state index in [1.54, 1.807) is 0 Å². The van der Waals surface area contributed by atoms with Crippen LogP contribution in [0, 0.1) is 5.82 Å². The fourth-order valence-electron chi connectivity index (χ4n) is 1.09. The van der Waals surface area contributed by atoms with Crippen molar-refractivity contribution in [2.24, 2.45) is 5.73 Å². The van der Waals surface area contributed by atoms with Crippen LogP contribution >= 0.6 is 0 Å². The summed E-state index contributed by atoms with van der Waals surface area (Å²) in [6.07, 6.45) is -1.70. The Labute approximate surface area is 85.5 Å². The minimum Gasteiger partial charge on any atom is -0.384 e. The van der Waals surface area contributed by atoms with Gasteiger partial charge in [-0.1, -0.05) is 12.1 Å². The number of primary amides is 1. The Hall–Kier alpha value is -1.49. The number of hydrogen-bond donors (Lipinski definition) is 2. The highest BCUT2D eigenvalue weighted by Crippen LogP contribution is 2.29. The minimum atomic E-state index is -2.57. The molecule has 2 atom stereocenters. The largest absolute Gasteiger partial charge is 0.384 e. The van der Waals surface area contributed by atoms with Crippen LogP contribution in [-0.2, 0) is 4.79 Å². The molecule has 0 aromatic heterocycles. The fraction of sp³-hybridized carbons (Fsp3) is 0.300. The van der Waals surface area contributed by atoms with Gasteiger partial charge in [0.25, 0.3) is 5.91 Å². The highest BCUT2D eigenvalue weighted by molar-refractivity contribution is 5.83. The van der Waals surface area contributed by atoms with E-state index in [0.717, 1.165) is 19.1 Å². The summed E-state index contributed by atoms with van der Waals surface area (Å²) < 4.78 is 26.1. The first-order valence-corrected chi connectivity index (χ1v) is 4.28. The zero-order chi connectivity index (χ0) is 11.6. The molecule has 1 aromatic rings. The van der Waals surface area contributed by atoms with Crippen molar-refractivity contribution in [2.45, 2.75) is 18.7 Å². The van der Waals surface area contributed by atoms with Gasteiger partial charge in [0, 0.05) is 0 Å². The van der Waals surface area contributed by atoms with Gasteiger partial charge in [-0.05, 0) is 24.6 Å². The van der Waals surface area contributed by atoms with Crippen molar-refractivity contribution in [3.8, 4) is 0 Å². The second kappa shape index (κ2) is 3.94. The maximum Gasteiger partial charge on any atom is 0.257 e. The highest BCUT2D eigenvalue weighted by Gasteiger charge is 2.40. The predicted octanol–water partition coefficient (Wildman–Crippen LogP) is 1.07. The monoisotopic (exact) mass is 215 g/mol. The summed E-state index contributed by atoms with van der Waals surface area (Å²) in [4.78, 5) is 10.7. The number of nitrogens with two attached hydrogens (primary N) is 1. The zero-order valence-corrected chi connectivity index (χ0v) is 8.08. The van der Waals surface area contributed by atoms with Crippen LogP contribution in [0.2, 0.25) is 0 Å². The molecule has 0 saturated heterocycles. The molecule has 1 amide bonds. The van der Waals surface area contributed by atoms with Crippen molar-refractivity contribution in [3.63, 3.8) is 0 Å². The molecule has 0 heterocycles. The molecule has 3 nitrogen and oxygen atoms in total. The minimum absolute atomic E-state index is 0.0974. The summed E-state index contributed by atoms with van der Waals surface area (Å²) in [7, 11) is 0. The number of carbonyl (C=O) groups excluding carboxylic acids is 1. The summed E-state index contributed by atoms with van der Waals surface area (Å²) >= 11 is 0. The van der Waals surface area contributed by atoms with Gasteiger partial charge in [-0.15, -0.1) is 0 Å². The third kappa shape index (κ3) is 2.30. The molecule has 0 aliphatic carbocycles. The van der Waals surface area contributed by atoms with Crippen molar-refractivity contribution >= 4 is 5.91 Å². The molecule has 0 spiro atoms. The van der Waals surface area contributed by atoms with Crippen molar-refractivity contribution in [3.05, 3.63) is 35.6 Å². The molecule has 3 N–H and O–H groups in total. The van der Waals surface area contributed by atoms with E-state index in [2.05, 4.69) is 0 Å². The van der Waals surface area contributed by atoms with Gasteiger partial charge in [0.05, 0.1) is 0 Å². The number of hydrogen-bond acceptors (Lipinski definition) is 2. The van der Waals surface area contributed by atoms with Crippen LogP contribution in [0.1, 0.15) is 18.6 Å². The van der Waals surface area contributed by atoms with Crippen LogP contribution in [0.15, 0.2) is 24.3 Å². The third-order valence-electron chi connectivity index (χ3n) is 2.18. The Kier molecular flexibility index (Phi) is 3.04. The van der Waals surface area contributed by atoms with E-state index in [-0.39, 0.29) is 5.56 Å². The van der Waals surface area contributed by atoms with Crippen LogP contribution in [0.25, 0.3) is 0 Å². The van der Waals surface area contributed by atoms with E-state index >= 15 is 0 Å². The second-order valence-corrected chi connectivity index (χ2v) is 3.39. The first kappa shape index (κ1) is 11.6. The number of halogens is 2. The van der Waals surface area contributed by atoms with E-state index in [4.69, 9.17) is 5.73 Å². The third-order valence-corrected chi connectivity index (χ3v) is 2.18. The number of rotatable bonds is 3. The Bertz CT molecular complexity index is 362. The number of aliphatic hydroxyl groups excluding tert-OH is 1. The Balaban J connectivity index is 2.99. The number of benzene rings is 1. The van der Waals surface area contributed by atoms with Crippen LogP contribution in [-0.4, -0.2) is 16.7 Å². The normalized spacial score (nSPS) is 16.8. The smallest absolute Gasteiger partial charge is 0.257 e. The van der Waals surface area contributed by atoms with Gasteiger partial charge >= 0.3 is 0 Å². The van der Waals surface area contributed by atoms with E-state index in [1.165, 1.54) is 12.1 Å². The topological polar surface area (TPSA) is 63.3 Å². The summed E-state index contributed by atoms with van der Waals surface area (Å²) in [5.41, 5.74) is 2.32. The van der Waals surface area contributed by atoms with Crippen LogP contribution in [0.4, 0.5) is 8.78 Å². The average molecular weight is 215 g/mol. The second-order valence-electron chi connectivity index (χ2n) is 3.39. The van der Waals surface area contributed by atoms with Crippen LogP contribution in [0.3, 0.4) is 0 Å². The number of carbonyl (C=O) groups is 1. The standard InChI is InChI=1S/C10H11F2NO2/c1-10(12,9(13)15)8(14)6-2-4-7(11)5-3-6/h2-5,8,14H,1H3,(H2,13,15). The van der Waals surface area contributed by atoms with Crippen LogP contribution in [0.5, 0.6) is 0 Å². The summed E-state index contributed by atoms with van der Waals surface area (Å²) in [6.45, 7) is 0.878. The molecule has 1 rings (SSSR count). The van der Waals surface area contributed by atoms with Gasteiger partial charge < -0.3 is 10.8 Å². The lowest BCUT2D eigenvalue weighted by Crippen LogP contribution is -2.42. The van der Waals surface area contributed by atoms with Gasteiger partial charge in [0.1, 0.15) is 11.9 Å². The number of alkyl halides is 1. The van der Waals surface area contributed by atoms with Gasteiger partial charge in [-0.2, -0.15) is 0 Å². The molecule has 2 unspecified atom stereocenters. The van der Waals surface area contributed by atoms with Crippen LogP contribution < -0.4 is 5.73 Å². The van der Waals surface area contributed by atoms with E-state index in [9.17, 15) is 18.7 Å². The van der Waals surface area contributed by atoms with Crippen molar-refractivity contribution < 1.29 is 18.7 Å². The molecule has 15 heavy (non-hydrogen) atoms. The molecule has 5 heteroatoms. The molecule has 1 aromatic carbocycles. The molecular formula is C10H11F2NO2. The molecular weight excluding hydrogens is 204 g/mol. The van der Waals surface area contributed by atoms with Gasteiger partial charge in [-0.3, -0.25) is 4.79 Å². The maximum atomic E-state index is 13.6. The highest BCUT2D eigenvalue weighted by atomic mass is 19.1. The first-order chi connectivity index (χ1) is 6.85. The Morgan fingerprint density at radius 3 is 2.33 bits per heavy atom. The van der Waals surface area contributed by atoms with Crippen molar-refractivity contribution in [1.82, 2.24) is 0 Å². The van der Waals surface area contributed by atoms with E-state index in [1.807, 2.05) is 0 Å². The van der Waals surface area contributed by atoms with Gasteiger partial charge in [-0.25, -0.2) is 8.78 Å². The molecule has 0 aliphatic heterocycles. The molecule has 0 saturated carbocycles. The summed E-state index contributed by atoms with van der Waals surface area (Å²) in [5.74, 6) is -1.77. The van der Waals surface area contributed by atoms with E-state index in [0.29, 0.717) is 0 Å². The molecule has 0 bridgehead atoms.